The van der Waals surface area contributed by atoms with Crippen molar-refractivity contribution in [3.63, 3.8) is 0 Å². The fourth-order valence-electron chi connectivity index (χ4n) is 3.81. The van der Waals surface area contributed by atoms with Crippen LogP contribution in [0.2, 0.25) is 0 Å². The molecule has 3 amide bonds. The van der Waals surface area contributed by atoms with Crippen LogP contribution in [0.25, 0.3) is 0 Å². The highest BCUT2D eigenvalue weighted by molar-refractivity contribution is 5.91. The van der Waals surface area contributed by atoms with Crippen LogP contribution < -0.4 is 10.6 Å². The van der Waals surface area contributed by atoms with Crippen molar-refractivity contribution < 1.29 is 19.1 Å². The van der Waals surface area contributed by atoms with E-state index in [2.05, 4.69) is 10.6 Å². The van der Waals surface area contributed by atoms with Gasteiger partial charge in [0.25, 0.3) is 0 Å². The van der Waals surface area contributed by atoms with E-state index in [0.29, 0.717) is 30.1 Å². The van der Waals surface area contributed by atoms with Gasteiger partial charge in [-0.15, -0.1) is 0 Å². The van der Waals surface area contributed by atoms with Crippen molar-refractivity contribution in [2.24, 2.45) is 5.92 Å². The fourth-order valence-corrected chi connectivity index (χ4v) is 3.81. The topological polar surface area (TPSA) is 87.7 Å². The quantitative estimate of drug-likeness (QED) is 0.658. The van der Waals surface area contributed by atoms with Gasteiger partial charge in [0, 0.05) is 18.7 Å². The van der Waals surface area contributed by atoms with Crippen LogP contribution in [0, 0.1) is 12.8 Å². The standard InChI is InChI=1S/C25H29N3O4/c1-3-21(29)27-20-6-4-5-19(13-20)23-22(24(30)26-14-17-11-12-17)28(25(31)32-23)15-18-9-7-16(2)8-10-18/h4-10,13,17,22-23H,3,11-12,14-15H2,1-2H3,(H,26,30)(H,27,29)/t22-,23-/m1/s1. The average Bonchev–Trinajstić information content (AvgIpc) is 3.56. The summed E-state index contributed by atoms with van der Waals surface area (Å²) >= 11 is 0. The molecule has 2 aliphatic rings. The Labute approximate surface area is 188 Å². The number of hydrogen-bond donors (Lipinski definition) is 2. The van der Waals surface area contributed by atoms with Gasteiger partial charge in [-0.1, -0.05) is 48.9 Å². The second kappa shape index (κ2) is 9.42. The Morgan fingerprint density at radius 1 is 1.12 bits per heavy atom. The maximum atomic E-state index is 13.2. The second-order valence-electron chi connectivity index (χ2n) is 8.58. The summed E-state index contributed by atoms with van der Waals surface area (Å²) in [6, 6.07) is 14.2. The Morgan fingerprint density at radius 3 is 2.56 bits per heavy atom. The van der Waals surface area contributed by atoms with E-state index in [9.17, 15) is 14.4 Å². The number of cyclic esters (lactones) is 1. The van der Waals surface area contributed by atoms with E-state index >= 15 is 0 Å². The fraction of sp³-hybridized carbons (Fsp3) is 0.400. The van der Waals surface area contributed by atoms with Crippen LogP contribution in [-0.2, 0) is 20.9 Å². The van der Waals surface area contributed by atoms with Crippen LogP contribution in [0.15, 0.2) is 48.5 Å². The summed E-state index contributed by atoms with van der Waals surface area (Å²) in [6.07, 6.45) is 1.32. The Bertz CT molecular complexity index is 1000. The molecule has 2 aromatic carbocycles. The van der Waals surface area contributed by atoms with Crippen LogP contribution in [0.1, 0.15) is 49.0 Å². The zero-order valence-corrected chi connectivity index (χ0v) is 18.5. The third kappa shape index (κ3) is 5.10. The summed E-state index contributed by atoms with van der Waals surface area (Å²) in [7, 11) is 0. The number of carbonyl (C=O) groups excluding carboxylic acids is 3. The van der Waals surface area contributed by atoms with Gasteiger partial charge in [0.1, 0.15) is 0 Å². The van der Waals surface area contributed by atoms with Gasteiger partial charge >= 0.3 is 6.09 Å². The number of nitrogens with one attached hydrogen (secondary N) is 2. The maximum Gasteiger partial charge on any atom is 0.411 e. The van der Waals surface area contributed by atoms with Gasteiger partial charge in [0.2, 0.25) is 11.8 Å². The van der Waals surface area contributed by atoms with Gasteiger partial charge in [0.05, 0.1) is 6.54 Å². The highest BCUT2D eigenvalue weighted by Gasteiger charge is 2.47. The molecule has 1 heterocycles. The lowest BCUT2D eigenvalue weighted by molar-refractivity contribution is -0.126. The van der Waals surface area contributed by atoms with Gasteiger partial charge in [-0.25, -0.2) is 4.79 Å². The van der Waals surface area contributed by atoms with Crippen LogP contribution in [0.4, 0.5) is 10.5 Å². The normalized spacial score (nSPS) is 20.1. The second-order valence-corrected chi connectivity index (χ2v) is 8.58. The third-order valence-corrected chi connectivity index (χ3v) is 5.91. The molecule has 4 rings (SSSR count). The molecule has 0 bridgehead atoms. The number of nitrogens with zero attached hydrogens (tertiary/aromatic N) is 1. The van der Waals surface area contributed by atoms with Gasteiger partial charge < -0.3 is 15.4 Å². The molecule has 2 fully saturated rings. The lowest BCUT2D eigenvalue weighted by Gasteiger charge is -2.24. The van der Waals surface area contributed by atoms with E-state index in [-0.39, 0.29) is 18.4 Å². The first-order chi connectivity index (χ1) is 15.4. The molecule has 7 nitrogen and oxygen atoms in total. The van der Waals surface area contributed by atoms with E-state index in [4.69, 9.17) is 4.74 Å². The maximum absolute atomic E-state index is 13.2. The number of amides is 3. The number of rotatable bonds is 8. The van der Waals surface area contributed by atoms with E-state index in [0.717, 1.165) is 24.0 Å². The molecule has 2 aromatic rings. The average molecular weight is 436 g/mol. The molecule has 32 heavy (non-hydrogen) atoms. The molecule has 7 heteroatoms. The summed E-state index contributed by atoms with van der Waals surface area (Å²) in [4.78, 5) is 39.4. The zero-order chi connectivity index (χ0) is 22.7. The summed E-state index contributed by atoms with van der Waals surface area (Å²) in [5.74, 6) is 0.196. The minimum atomic E-state index is -0.792. The first-order valence-electron chi connectivity index (χ1n) is 11.1. The molecular formula is C25H29N3O4. The molecule has 1 saturated carbocycles. The number of aryl methyl sites for hydroxylation is 1. The molecule has 2 atom stereocenters. The van der Waals surface area contributed by atoms with Crippen molar-refractivity contribution in [1.82, 2.24) is 10.2 Å². The molecule has 1 saturated heterocycles. The first kappa shape index (κ1) is 21.9. The van der Waals surface area contributed by atoms with Gasteiger partial charge in [-0.2, -0.15) is 0 Å². The summed E-state index contributed by atoms with van der Waals surface area (Å²) in [5.41, 5.74) is 3.34. The number of carbonyl (C=O) groups is 3. The molecule has 1 aliphatic carbocycles. The molecule has 0 unspecified atom stereocenters. The van der Waals surface area contributed by atoms with E-state index in [1.807, 2.05) is 37.3 Å². The lowest BCUT2D eigenvalue weighted by Crippen LogP contribution is -2.46. The van der Waals surface area contributed by atoms with Crippen LogP contribution in [0.3, 0.4) is 0 Å². The number of anilines is 1. The van der Waals surface area contributed by atoms with Gasteiger partial charge in [-0.3, -0.25) is 14.5 Å². The van der Waals surface area contributed by atoms with E-state index < -0.39 is 18.2 Å². The highest BCUT2D eigenvalue weighted by atomic mass is 16.6. The predicted octanol–water partition coefficient (Wildman–Crippen LogP) is 3.93. The summed E-state index contributed by atoms with van der Waals surface area (Å²) in [5, 5.41) is 5.83. The molecule has 2 N–H and O–H groups in total. The molecule has 0 spiro atoms. The smallest absolute Gasteiger partial charge is 0.411 e. The Hall–Kier alpha value is -3.35. The van der Waals surface area contributed by atoms with Gasteiger partial charge in [-0.05, 0) is 48.9 Å². The van der Waals surface area contributed by atoms with Crippen LogP contribution in [-0.4, -0.2) is 35.4 Å². The van der Waals surface area contributed by atoms with Crippen molar-refractivity contribution in [3.8, 4) is 0 Å². The first-order valence-corrected chi connectivity index (χ1v) is 11.1. The lowest BCUT2D eigenvalue weighted by atomic mass is 10.00. The highest BCUT2D eigenvalue weighted by Crippen LogP contribution is 2.35. The van der Waals surface area contributed by atoms with Crippen molar-refractivity contribution >= 4 is 23.6 Å². The minimum Gasteiger partial charge on any atom is -0.438 e. The molecule has 0 radical (unpaired) electrons. The summed E-state index contributed by atoms with van der Waals surface area (Å²) in [6.45, 7) is 4.67. The van der Waals surface area contributed by atoms with Crippen LogP contribution in [0.5, 0.6) is 0 Å². The largest absolute Gasteiger partial charge is 0.438 e. The number of hydrogen-bond acceptors (Lipinski definition) is 4. The SMILES string of the molecule is CCC(=O)Nc1cccc([C@H]2OC(=O)N(Cc3ccc(C)cc3)[C@H]2C(=O)NCC2CC2)c1. The van der Waals surface area contributed by atoms with Crippen molar-refractivity contribution in [3.05, 3.63) is 65.2 Å². The third-order valence-electron chi connectivity index (χ3n) is 5.91. The van der Waals surface area contributed by atoms with E-state index in [1.165, 1.54) is 4.90 Å². The number of ether oxygens (including phenoxy) is 1. The molecular weight excluding hydrogens is 406 g/mol. The van der Waals surface area contributed by atoms with E-state index in [1.54, 1.807) is 25.1 Å². The van der Waals surface area contributed by atoms with Crippen molar-refractivity contribution in [2.75, 3.05) is 11.9 Å². The zero-order valence-electron chi connectivity index (χ0n) is 18.5. The Kier molecular flexibility index (Phi) is 6.44. The molecule has 0 aromatic heterocycles. The van der Waals surface area contributed by atoms with Crippen molar-refractivity contribution in [1.29, 1.82) is 0 Å². The molecule has 168 valence electrons. The summed E-state index contributed by atoms with van der Waals surface area (Å²) < 4.78 is 5.71. The van der Waals surface area contributed by atoms with Crippen LogP contribution >= 0.6 is 0 Å². The monoisotopic (exact) mass is 435 g/mol. The van der Waals surface area contributed by atoms with Crippen molar-refractivity contribution in [2.45, 2.75) is 51.8 Å². The Morgan fingerprint density at radius 2 is 1.88 bits per heavy atom. The van der Waals surface area contributed by atoms with Gasteiger partial charge in [0.15, 0.2) is 12.1 Å². The Balaban J connectivity index is 1.60. The number of benzene rings is 2. The minimum absolute atomic E-state index is 0.106. The predicted molar refractivity (Wildman–Crippen MR) is 121 cm³/mol. The molecule has 1 aliphatic heterocycles.